The van der Waals surface area contributed by atoms with E-state index in [4.69, 9.17) is 9.47 Å². The van der Waals surface area contributed by atoms with Crippen LogP contribution in [0.25, 0.3) is 0 Å². The number of esters is 1. The van der Waals surface area contributed by atoms with Crippen LogP contribution in [-0.4, -0.2) is 103 Å². The molecule has 4 aromatic rings. The molecule has 4 aromatic carbocycles. The molecule has 1 aliphatic heterocycles. The first-order valence-corrected chi connectivity index (χ1v) is 23.3. The van der Waals surface area contributed by atoms with Gasteiger partial charge in [0.2, 0.25) is 29.5 Å². The van der Waals surface area contributed by atoms with Gasteiger partial charge in [0, 0.05) is 50.0 Å². The average Bonchev–Trinajstić information content (AvgIpc) is 3.79. The lowest BCUT2D eigenvalue weighted by atomic mass is 10.00. The maximum atomic E-state index is 14.1. The van der Waals surface area contributed by atoms with Crippen molar-refractivity contribution in [1.82, 2.24) is 31.5 Å². The van der Waals surface area contributed by atoms with Crippen LogP contribution in [0.5, 0.6) is 0 Å². The Hall–Kier alpha value is -7.03. The van der Waals surface area contributed by atoms with Crippen molar-refractivity contribution in [2.24, 2.45) is 0 Å². The summed E-state index contributed by atoms with van der Waals surface area (Å²) in [4.78, 5) is 95.1. The van der Waals surface area contributed by atoms with E-state index in [0.717, 1.165) is 22.3 Å². The summed E-state index contributed by atoms with van der Waals surface area (Å²) in [7, 11) is 1.29. The van der Waals surface area contributed by atoms with E-state index in [0.29, 0.717) is 45.1 Å². The number of benzene rings is 4. The van der Waals surface area contributed by atoms with E-state index >= 15 is 0 Å². The second-order valence-corrected chi connectivity index (χ2v) is 18.3. The van der Waals surface area contributed by atoms with Crippen LogP contribution in [0, 0.1) is 0 Å². The van der Waals surface area contributed by atoms with Crippen LogP contribution in [0.2, 0.25) is 0 Å². The summed E-state index contributed by atoms with van der Waals surface area (Å²) in [6.07, 6.45) is 1.45. The number of hydrogen-bond donors (Lipinski definition) is 5. The van der Waals surface area contributed by atoms with Crippen molar-refractivity contribution in [1.29, 1.82) is 0 Å². The minimum absolute atomic E-state index is 0.0351. The molecular formula is C53H66N6O9. The van der Waals surface area contributed by atoms with Crippen LogP contribution in [-0.2, 0) is 63.9 Å². The Bertz CT molecular complexity index is 2260. The lowest BCUT2D eigenvalue weighted by Gasteiger charge is -2.27. The van der Waals surface area contributed by atoms with Crippen LogP contribution >= 0.6 is 0 Å². The van der Waals surface area contributed by atoms with E-state index in [1.54, 1.807) is 20.8 Å². The maximum absolute atomic E-state index is 14.1. The summed E-state index contributed by atoms with van der Waals surface area (Å²) in [5.41, 5.74) is 2.90. The Labute approximate surface area is 399 Å². The number of ether oxygens (including phenoxy) is 2. The molecule has 0 spiro atoms. The first kappa shape index (κ1) is 51.9. The number of rotatable bonds is 23. The molecule has 15 heteroatoms. The van der Waals surface area contributed by atoms with Crippen molar-refractivity contribution >= 4 is 41.6 Å². The third-order valence-corrected chi connectivity index (χ3v) is 11.3. The van der Waals surface area contributed by atoms with Crippen LogP contribution in [0.3, 0.4) is 0 Å². The summed E-state index contributed by atoms with van der Waals surface area (Å²) >= 11 is 0. The highest BCUT2D eigenvalue weighted by Gasteiger charge is 2.35. The minimum Gasteiger partial charge on any atom is -0.469 e. The Morgan fingerprint density at radius 1 is 0.559 bits per heavy atom. The van der Waals surface area contributed by atoms with E-state index in [1.165, 1.54) is 12.0 Å². The van der Waals surface area contributed by atoms with Gasteiger partial charge in [-0.05, 0) is 81.5 Å². The molecule has 6 amide bonds. The number of nitrogens with zero attached hydrogens (tertiary/aromatic N) is 1. The van der Waals surface area contributed by atoms with Gasteiger partial charge < -0.3 is 41.0 Å². The van der Waals surface area contributed by atoms with Gasteiger partial charge in [-0.1, -0.05) is 121 Å². The zero-order chi connectivity index (χ0) is 48.9. The molecule has 1 fully saturated rings. The number of nitrogens with one attached hydrogen (secondary N) is 5. The fourth-order valence-corrected chi connectivity index (χ4v) is 8.30. The van der Waals surface area contributed by atoms with Crippen molar-refractivity contribution < 1.29 is 43.0 Å². The summed E-state index contributed by atoms with van der Waals surface area (Å²) in [6.45, 7) is 5.21. The molecule has 0 aromatic heterocycles. The third kappa shape index (κ3) is 18.7. The summed E-state index contributed by atoms with van der Waals surface area (Å²) < 4.78 is 10.4. The van der Waals surface area contributed by atoms with Gasteiger partial charge in [0.15, 0.2) is 0 Å². The van der Waals surface area contributed by atoms with Crippen molar-refractivity contribution in [3.05, 3.63) is 144 Å². The van der Waals surface area contributed by atoms with Crippen molar-refractivity contribution in [2.75, 3.05) is 20.2 Å². The summed E-state index contributed by atoms with van der Waals surface area (Å²) in [6, 6.07) is 34.5. The molecule has 15 nitrogen and oxygen atoms in total. The Kier molecular flexibility index (Phi) is 20.1. The molecular weight excluding hydrogens is 865 g/mol. The van der Waals surface area contributed by atoms with Gasteiger partial charge in [-0.2, -0.15) is 0 Å². The molecule has 0 bridgehead atoms. The normalized spacial score (nSPS) is 15.1. The Morgan fingerprint density at radius 3 is 1.38 bits per heavy atom. The predicted molar refractivity (Wildman–Crippen MR) is 258 cm³/mol. The van der Waals surface area contributed by atoms with E-state index in [2.05, 4.69) is 26.6 Å². The van der Waals surface area contributed by atoms with E-state index in [9.17, 15) is 33.6 Å². The summed E-state index contributed by atoms with van der Waals surface area (Å²) in [5, 5.41) is 14.5. The lowest BCUT2D eigenvalue weighted by Crippen LogP contribution is -2.51. The largest absolute Gasteiger partial charge is 0.469 e. The Balaban J connectivity index is 1.20. The SMILES string of the molecule is COC(=O)C[C@H](Cc1ccccc1)NC(=O)C[C@H](Cc1ccccc1)NC(=O)CNC(=O)[C@H]1CCCN1C(=O)C[C@H](Cc1ccccc1)NC(=O)C[C@H](Cc1ccccc1)NC(=O)OC(C)(C)C. The van der Waals surface area contributed by atoms with Crippen LogP contribution in [0.15, 0.2) is 121 Å². The predicted octanol–water partition coefficient (Wildman–Crippen LogP) is 5.15. The number of alkyl carbamates (subject to hydrolysis) is 1. The van der Waals surface area contributed by atoms with Crippen LogP contribution < -0.4 is 26.6 Å². The van der Waals surface area contributed by atoms with E-state index < -0.39 is 66.2 Å². The van der Waals surface area contributed by atoms with Crippen molar-refractivity contribution in [2.45, 2.75) is 121 Å². The number of likely N-dealkylation sites (tertiary alicyclic amines) is 1. The molecule has 5 atom stereocenters. The highest BCUT2D eigenvalue weighted by molar-refractivity contribution is 5.91. The highest BCUT2D eigenvalue weighted by atomic mass is 16.6. The number of carbonyl (C=O) groups is 7. The molecule has 0 saturated carbocycles. The van der Waals surface area contributed by atoms with Crippen molar-refractivity contribution in [3.8, 4) is 0 Å². The quantitative estimate of drug-likeness (QED) is 0.0625. The second-order valence-electron chi connectivity index (χ2n) is 18.3. The number of amides is 6. The molecule has 0 unspecified atom stereocenters. The summed E-state index contributed by atoms with van der Waals surface area (Å²) in [5.74, 6) is -2.54. The first-order valence-electron chi connectivity index (χ1n) is 23.3. The van der Waals surface area contributed by atoms with E-state index in [1.807, 2.05) is 121 Å². The zero-order valence-electron chi connectivity index (χ0n) is 39.5. The standard InChI is InChI=1S/C53H66N6O9/c1-53(2,3)68-52(66)58-42(29-38-20-11-6-12-21-38)33-47(61)55-43(30-39-22-13-7-14-23-39)34-49(63)59-27-17-26-45(59)51(65)54-36-48(62)57-41(28-37-18-9-5-10-19-37)32-46(60)56-44(35-50(64)67-4)31-40-24-15-8-16-25-40/h5-16,18-25,41-45H,17,26-36H2,1-4H3,(H,54,65)(H,55,61)(H,56,60)(H,57,62)(H,58,66)/t41-,42-,43-,44-,45+/m0/s1. The molecule has 0 radical (unpaired) electrons. The topological polar surface area (TPSA) is 201 Å². The monoisotopic (exact) mass is 930 g/mol. The molecule has 5 rings (SSSR count). The number of hydrogen-bond acceptors (Lipinski definition) is 9. The van der Waals surface area contributed by atoms with Gasteiger partial charge in [-0.25, -0.2) is 4.79 Å². The minimum atomic E-state index is -0.834. The Morgan fingerprint density at radius 2 is 0.956 bits per heavy atom. The van der Waals surface area contributed by atoms with Gasteiger partial charge in [-0.15, -0.1) is 0 Å². The lowest BCUT2D eigenvalue weighted by molar-refractivity contribution is -0.141. The third-order valence-electron chi connectivity index (χ3n) is 11.3. The molecule has 0 aliphatic carbocycles. The first-order chi connectivity index (χ1) is 32.6. The van der Waals surface area contributed by atoms with Gasteiger partial charge in [0.1, 0.15) is 11.6 Å². The van der Waals surface area contributed by atoms with Crippen molar-refractivity contribution in [3.63, 3.8) is 0 Å². The molecule has 362 valence electrons. The molecule has 1 saturated heterocycles. The average molecular weight is 931 g/mol. The molecule has 68 heavy (non-hydrogen) atoms. The molecule has 5 N–H and O–H groups in total. The van der Waals surface area contributed by atoms with Crippen LogP contribution in [0.1, 0.15) is 81.5 Å². The molecule has 1 aliphatic rings. The van der Waals surface area contributed by atoms with Crippen LogP contribution in [0.4, 0.5) is 4.79 Å². The van der Waals surface area contributed by atoms with Gasteiger partial charge in [-0.3, -0.25) is 28.8 Å². The molecule has 1 heterocycles. The number of methoxy groups -OCH3 is 1. The van der Waals surface area contributed by atoms with Gasteiger partial charge >= 0.3 is 12.1 Å². The smallest absolute Gasteiger partial charge is 0.407 e. The highest BCUT2D eigenvalue weighted by Crippen LogP contribution is 2.21. The van der Waals surface area contributed by atoms with Gasteiger partial charge in [0.05, 0.1) is 20.1 Å². The van der Waals surface area contributed by atoms with E-state index in [-0.39, 0.29) is 43.4 Å². The van der Waals surface area contributed by atoms with Gasteiger partial charge in [0.25, 0.3) is 0 Å². The fraction of sp³-hybridized carbons (Fsp3) is 0.415. The zero-order valence-corrected chi connectivity index (χ0v) is 39.5. The maximum Gasteiger partial charge on any atom is 0.407 e. The fourth-order valence-electron chi connectivity index (χ4n) is 8.30. The number of carbonyl (C=O) groups excluding carboxylic acids is 7. The second kappa shape index (κ2) is 26.3.